The highest BCUT2D eigenvalue weighted by Gasteiger charge is 2.39. The van der Waals surface area contributed by atoms with Crippen LogP contribution in [0.25, 0.3) is 11.2 Å². The van der Waals surface area contributed by atoms with Gasteiger partial charge in [-0.05, 0) is 12.1 Å². The largest absolute Gasteiger partial charge is 0.356 e. The molecule has 1 aliphatic heterocycles. The summed E-state index contributed by atoms with van der Waals surface area (Å²) in [5, 5.41) is 3.02. The van der Waals surface area contributed by atoms with Crippen LogP contribution in [-0.4, -0.2) is 37.8 Å². The first kappa shape index (κ1) is 13.4. The van der Waals surface area contributed by atoms with Crippen molar-refractivity contribution >= 4 is 34.5 Å². The topological polar surface area (TPSA) is 104 Å². The van der Waals surface area contributed by atoms with Gasteiger partial charge in [0.15, 0.2) is 11.5 Å². The number of carbonyl (C=O) groups excluding carboxylic acids is 2. The summed E-state index contributed by atoms with van der Waals surface area (Å²) in [5.41, 5.74) is 1.67. The molecule has 2 amide bonds. The molecule has 114 valence electrons. The van der Waals surface area contributed by atoms with E-state index in [1.165, 1.54) is 17.6 Å². The molecule has 0 saturated carbocycles. The average molecular weight is 308 g/mol. The first-order valence-electron chi connectivity index (χ1n) is 7.06. The molecule has 1 fully saturated rings. The number of para-hydroxylation sites is 1. The second kappa shape index (κ2) is 5.16. The highest BCUT2D eigenvalue weighted by Crippen LogP contribution is 2.25. The molecule has 2 N–H and O–H groups in total. The predicted molar refractivity (Wildman–Crippen MR) is 82.6 cm³/mol. The molecule has 0 bridgehead atoms. The fraction of sp³-hybridized carbons (Fsp3) is 0.133. The maximum atomic E-state index is 12.6. The Kier molecular flexibility index (Phi) is 3.00. The molecular formula is C15H12N6O2. The van der Waals surface area contributed by atoms with Crippen molar-refractivity contribution in [2.45, 2.75) is 12.5 Å². The van der Waals surface area contributed by atoms with Crippen LogP contribution in [-0.2, 0) is 9.59 Å². The van der Waals surface area contributed by atoms with Gasteiger partial charge >= 0.3 is 0 Å². The van der Waals surface area contributed by atoms with Gasteiger partial charge in [-0.25, -0.2) is 19.9 Å². The second-order valence-corrected chi connectivity index (χ2v) is 5.13. The Bertz CT molecular complexity index is 891. The summed E-state index contributed by atoms with van der Waals surface area (Å²) < 4.78 is 0. The third kappa shape index (κ3) is 2.20. The molecule has 4 rings (SSSR count). The van der Waals surface area contributed by atoms with Crippen LogP contribution in [0.5, 0.6) is 0 Å². The van der Waals surface area contributed by atoms with Crippen molar-refractivity contribution in [3.63, 3.8) is 0 Å². The molecule has 1 atom stereocenters. The van der Waals surface area contributed by atoms with Crippen molar-refractivity contribution in [1.82, 2.24) is 19.9 Å². The lowest BCUT2D eigenvalue weighted by atomic mass is 10.2. The fourth-order valence-corrected chi connectivity index (χ4v) is 2.63. The monoisotopic (exact) mass is 308 g/mol. The Morgan fingerprint density at radius 2 is 1.96 bits per heavy atom. The minimum atomic E-state index is -0.663. The summed E-state index contributed by atoms with van der Waals surface area (Å²) in [5.74, 6) is -0.0883. The number of nitrogens with zero attached hydrogens (tertiary/aromatic N) is 4. The lowest BCUT2D eigenvalue weighted by Gasteiger charge is -2.15. The lowest BCUT2D eigenvalue weighted by molar-refractivity contribution is -0.121. The SMILES string of the molecule is O=C1CC(Nc2ncnc3nc[nH]c23)C(=O)N1c1ccccc1. The van der Waals surface area contributed by atoms with Gasteiger partial charge in [0.25, 0.3) is 5.91 Å². The highest BCUT2D eigenvalue weighted by atomic mass is 16.2. The number of fused-ring (bicyclic) bond motifs is 1. The minimum Gasteiger partial charge on any atom is -0.356 e. The summed E-state index contributed by atoms with van der Waals surface area (Å²) in [7, 11) is 0. The standard InChI is InChI=1S/C15H12N6O2/c22-11-6-10(15(23)21(11)9-4-2-1-3-5-9)20-14-12-13(17-7-16-12)18-8-19-14/h1-5,7-8,10H,6H2,(H2,16,17,18,19,20). The van der Waals surface area contributed by atoms with Gasteiger partial charge in [0, 0.05) is 0 Å². The molecule has 2 aromatic heterocycles. The second-order valence-electron chi connectivity index (χ2n) is 5.13. The number of nitrogens with one attached hydrogen (secondary N) is 2. The first-order chi connectivity index (χ1) is 11.2. The molecule has 1 aliphatic rings. The molecule has 1 aromatic carbocycles. The molecule has 8 nitrogen and oxygen atoms in total. The number of hydrogen-bond donors (Lipinski definition) is 2. The third-order valence-corrected chi connectivity index (χ3v) is 3.69. The van der Waals surface area contributed by atoms with Crippen molar-refractivity contribution in [1.29, 1.82) is 0 Å². The van der Waals surface area contributed by atoms with Crippen molar-refractivity contribution < 1.29 is 9.59 Å². The number of benzene rings is 1. The number of imidazole rings is 1. The van der Waals surface area contributed by atoms with Crippen LogP contribution >= 0.6 is 0 Å². The van der Waals surface area contributed by atoms with Crippen molar-refractivity contribution in [3.05, 3.63) is 43.0 Å². The zero-order valence-electron chi connectivity index (χ0n) is 11.9. The van der Waals surface area contributed by atoms with E-state index < -0.39 is 6.04 Å². The van der Waals surface area contributed by atoms with Crippen LogP contribution in [0.1, 0.15) is 6.42 Å². The number of amides is 2. The zero-order valence-corrected chi connectivity index (χ0v) is 11.9. The first-order valence-corrected chi connectivity index (χ1v) is 7.06. The Balaban J connectivity index is 1.63. The van der Waals surface area contributed by atoms with E-state index in [2.05, 4.69) is 25.3 Å². The molecule has 23 heavy (non-hydrogen) atoms. The summed E-state index contributed by atoms with van der Waals surface area (Å²) >= 11 is 0. The highest BCUT2D eigenvalue weighted by molar-refractivity contribution is 6.23. The van der Waals surface area contributed by atoms with Crippen molar-refractivity contribution in [2.24, 2.45) is 0 Å². The number of carbonyl (C=O) groups is 2. The molecule has 0 spiro atoms. The van der Waals surface area contributed by atoms with Crippen LogP contribution in [0, 0.1) is 0 Å². The summed E-state index contributed by atoms with van der Waals surface area (Å²) in [6.07, 6.45) is 2.94. The maximum absolute atomic E-state index is 12.6. The summed E-state index contributed by atoms with van der Waals surface area (Å²) in [6, 6.07) is 8.21. The van der Waals surface area contributed by atoms with Gasteiger partial charge < -0.3 is 10.3 Å². The van der Waals surface area contributed by atoms with E-state index in [9.17, 15) is 9.59 Å². The number of hydrogen-bond acceptors (Lipinski definition) is 6. The number of aromatic nitrogens is 4. The Morgan fingerprint density at radius 3 is 2.78 bits per heavy atom. The molecule has 3 aromatic rings. The molecule has 3 heterocycles. The molecular weight excluding hydrogens is 296 g/mol. The van der Waals surface area contributed by atoms with Crippen LogP contribution < -0.4 is 10.2 Å². The average Bonchev–Trinajstić information content (AvgIpc) is 3.14. The van der Waals surface area contributed by atoms with E-state index in [1.807, 2.05) is 6.07 Å². The van der Waals surface area contributed by atoms with Crippen LogP contribution in [0.3, 0.4) is 0 Å². The lowest BCUT2D eigenvalue weighted by Crippen LogP contribution is -2.35. The van der Waals surface area contributed by atoms with Gasteiger partial charge in [-0.1, -0.05) is 18.2 Å². The Morgan fingerprint density at radius 1 is 1.13 bits per heavy atom. The van der Waals surface area contributed by atoms with E-state index in [-0.39, 0.29) is 18.2 Å². The maximum Gasteiger partial charge on any atom is 0.256 e. The van der Waals surface area contributed by atoms with E-state index in [4.69, 9.17) is 0 Å². The Labute approximate surface area is 130 Å². The van der Waals surface area contributed by atoms with Gasteiger partial charge in [-0.3, -0.25) is 9.59 Å². The quantitative estimate of drug-likeness (QED) is 0.702. The van der Waals surface area contributed by atoms with Crippen LogP contribution in [0.15, 0.2) is 43.0 Å². The van der Waals surface area contributed by atoms with E-state index in [0.29, 0.717) is 22.7 Å². The normalized spacial score (nSPS) is 17.9. The van der Waals surface area contributed by atoms with Crippen LogP contribution in [0.2, 0.25) is 0 Å². The van der Waals surface area contributed by atoms with Gasteiger partial charge in [0.1, 0.15) is 17.9 Å². The Hall–Kier alpha value is -3.29. The molecule has 0 aliphatic carbocycles. The van der Waals surface area contributed by atoms with E-state index in [0.717, 1.165) is 0 Å². The fourth-order valence-electron chi connectivity index (χ4n) is 2.63. The predicted octanol–water partition coefficient (Wildman–Crippen LogP) is 1.10. The number of H-pyrrole nitrogens is 1. The van der Waals surface area contributed by atoms with Gasteiger partial charge in [-0.15, -0.1) is 0 Å². The van der Waals surface area contributed by atoms with Crippen LogP contribution in [0.4, 0.5) is 11.5 Å². The molecule has 1 saturated heterocycles. The summed E-state index contributed by atoms with van der Waals surface area (Å²) in [4.78, 5) is 41.1. The third-order valence-electron chi connectivity index (χ3n) is 3.69. The number of aromatic amines is 1. The summed E-state index contributed by atoms with van der Waals surface area (Å²) in [6.45, 7) is 0. The van der Waals surface area contributed by atoms with Crippen molar-refractivity contribution in [2.75, 3.05) is 10.2 Å². The molecule has 1 unspecified atom stereocenters. The minimum absolute atomic E-state index is 0.0767. The number of imide groups is 1. The van der Waals surface area contributed by atoms with Gasteiger partial charge in [-0.2, -0.15) is 0 Å². The molecule has 0 radical (unpaired) electrons. The zero-order chi connectivity index (χ0) is 15.8. The van der Waals surface area contributed by atoms with Gasteiger partial charge in [0.05, 0.1) is 18.4 Å². The smallest absolute Gasteiger partial charge is 0.256 e. The van der Waals surface area contributed by atoms with E-state index >= 15 is 0 Å². The van der Waals surface area contributed by atoms with Gasteiger partial charge in [0.2, 0.25) is 5.91 Å². The number of rotatable bonds is 3. The van der Waals surface area contributed by atoms with Crippen molar-refractivity contribution in [3.8, 4) is 0 Å². The van der Waals surface area contributed by atoms with E-state index in [1.54, 1.807) is 24.3 Å². The molecule has 8 heteroatoms. The number of anilines is 2.